The molecule has 2 aromatic carbocycles. The summed E-state index contributed by atoms with van der Waals surface area (Å²) in [5.74, 6) is 0.539. The van der Waals surface area contributed by atoms with Gasteiger partial charge >= 0.3 is 6.09 Å². The second-order valence-electron chi connectivity index (χ2n) is 8.57. The fourth-order valence-electron chi connectivity index (χ4n) is 5.47. The van der Waals surface area contributed by atoms with Gasteiger partial charge in [0.25, 0.3) is 0 Å². The van der Waals surface area contributed by atoms with E-state index in [1.165, 1.54) is 41.5 Å². The topological polar surface area (TPSA) is 49.8 Å². The predicted octanol–water partition coefficient (Wildman–Crippen LogP) is 5.59. The Morgan fingerprint density at radius 3 is 2.20 bits per heavy atom. The molecule has 0 radical (unpaired) electrons. The van der Waals surface area contributed by atoms with Crippen LogP contribution in [0.1, 0.15) is 62.5 Å². The predicted molar refractivity (Wildman–Crippen MR) is 120 cm³/mol. The van der Waals surface area contributed by atoms with Gasteiger partial charge in [0.2, 0.25) is 0 Å². The summed E-state index contributed by atoms with van der Waals surface area (Å²) in [6.45, 7) is 3.07. The van der Waals surface area contributed by atoms with Gasteiger partial charge in [-0.1, -0.05) is 67.8 Å². The largest absolute Gasteiger partial charge is 0.448 e. The van der Waals surface area contributed by atoms with Crippen molar-refractivity contribution < 1.29 is 14.6 Å². The van der Waals surface area contributed by atoms with E-state index in [0.29, 0.717) is 25.5 Å². The second-order valence-corrected chi connectivity index (χ2v) is 8.57. The highest BCUT2D eigenvalue weighted by Crippen LogP contribution is 2.44. The number of fused-ring (bicyclic) bond motifs is 3. The van der Waals surface area contributed by atoms with E-state index in [1.807, 2.05) is 11.8 Å². The summed E-state index contributed by atoms with van der Waals surface area (Å²) in [4.78, 5) is 15.0. The number of nitrogens with zero attached hydrogens (tertiary/aromatic N) is 1. The van der Waals surface area contributed by atoms with Gasteiger partial charge in [-0.15, -0.1) is 0 Å². The molecule has 0 spiro atoms. The molecule has 0 aromatic heterocycles. The number of carbonyl (C=O) groups is 1. The highest BCUT2D eigenvalue weighted by Gasteiger charge is 2.33. The van der Waals surface area contributed by atoms with E-state index < -0.39 is 0 Å². The zero-order chi connectivity index (χ0) is 20.9. The summed E-state index contributed by atoms with van der Waals surface area (Å²) < 4.78 is 5.92. The van der Waals surface area contributed by atoms with Crippen molar-refractivity contribution in [1.29, 1.82) is 0 Å². The summed E-state index contributed by atoms with van der Waals surface area (Å²) >= 11 is 0. The molecular weight excluding hydrogens is 374 g/mol. The molecule has 4 nitrogen and oxygen atoms in total. The molecular formula is C26H33NO3. The maximum Gasteiger partial charge on any atom is 0.410 e. The van der Waals surface area contributed by atoms with Crippen LogP contribution >= 0.6 is 0 Å². The Hall–Kier alpha value is -2.33. The number of rotatable bonds is 7. The van der Waals surface area contributed by atoms with Crippen molar-refractivity contribution >= 4 is 6.09 Å². The third kappa shape index (κ3) is 4.11. The first-order valence-electron chi connectivity index (χ1n) is 11.5. The minimum absolute atomic E-state index is 0.0657. The van der Waals surface area contributed by atoms with Crippen molar-refractivity contribution in [3.8, 4) is 11.1 Å². The molecule has 2 aromatic rings. The lowest BCUT2D eigenvalue weighted by atomic mass is 9.82. The number of aliphatic hydroxyl groups excluding tert-OH is 1. The molecule has 0 heterocycles. The Balaban J connectivity index is 1.49. The first-order valence-corrected chi connectivity index (χ1v) is 11.5. The number of carbonyl (C=O) groups excluding carboxylic acids is 1. The Labute approximate surface area is 179 Å². The molecule has 1 N–H and O–H groups in total. The lowest BCUT2D eigenvalue weighted by molar-refractivity contribution is 0.0566. The zero-order valence-electron chi connectivity index (χ0n) is 17.9. The summed E-state index contributed by atoms with van der Waals surface area (Å²) in [5.41, 5.74) is 4.94. The average molecular weight is 408 g/mol. The molecule has 4 rings (SSSR count). The van der Waals surface area contributed by atoms with Crippen LogP contribution in [0.5, 0.6) is 0 Å². The van der Waals surface area contributed by atoms with Gasteiger partial charge in [0.1, 0.15) is 6.61 Å². The zero-order valence-corrected chi connectivity index (χ0v) is 17.9. The van der Waals surface area contributed by atoms with Crippen LogP contribution in [-0.2, 0) is 4.74 Å². The maximum absolute atomic E-state index is 13.1. The first kappa shape index (κ1) is 20.9. The molecule has 0 bridgehead atoms. The molecule has 1 fully saturated rings. The monoisotopic (exact) mass is 407 g/mol. The van der Waals surface area contributed by atoms with E-state index in [9.17, 15) is 9.90 Å². The lowest BCUT2D eigenvalue weighted by Crippen LogP contribution is -2.46. The summed E-state index contributed by atoms with van der Waals surface area (Å²) in [7, 11) is 0. The fraction of sp³-hybridized carbons (Fsp3) is 0.500. The van der Waals surface area contributed by atoms with E-state index in [4.69, 9.17) is 4.74 Å². The number of hydrogen-bond acceptors (Lipinski definition) is 3. The molecule has 2 aliphatic rings. The van der Waals surface area contributed by atoms with Crippen LogP contribution < -0.4 is 0 Å². The normalized spacial score (nSPS) is 17.3. The smallest absolute Gasteiger partial charge is 0.410 e. The number of benzene rings is 2. The quantitative estimate of drug-likeness (QED) is 0.651. The third-order valence-electron chi connectivity index (χ3n) is 6.93. The van der Waals surface area contributed by atoms with Gasteiger partial charge in [0, 0.05) is 25.1 Å². The van der Waals surface area contributed by atoms with Crippen molar-refractivity contribution in [2.75, 3.05) is 19.8 Å². The number of aliphatic hydroxyl groups is 1. The van der Waals surface area contributed by atoms with Gasteiger partial charge in [-0.05, 0) is 54.4 Å². The molecule has 1 amide bonds. The summed E-state index contributed by atoms with van der Waals surface area (Å²) in [5, 5.41) is 9.64. The van der Waals surface area contributed by atoms with E-state index in [0.717, 1.165) is 12.8 Å². The van der Waals surface area contributed by atoms with Crippen LogP contribution in [0.15, 0.2) is 48.5 Å². The summed E-state index contributed by atoms with van der Waals surface area (Å²) in [6, 6.07) is 16.9. The van der Waals surface area contributed by atoms with Crippen molar-refractivity contribution in [1.82, 2.24) is 4.90 Å². The van der Waals surface area contributed by atoms with E-state index >= 15 is 0 Å². The van der Waals surface area contributed by atoms with Crippen molar-refractivity contribution in [2.45, 2.75) is 57.4 Å². The molecule has 0 aliphatic heterocycles. The second kappa shape index (κ2) is 9.65. The van der Waals surface area contributed by atoms with Crippen LogP contribution in [-0.4, -0.2) is 41.9 Å². The van der Waals surface area contributed by atoms with Crippen molar-refractivity contribution in [3.05, 3.63) is 59.7 Å². The Bertz CT molecular complexity index is 813. The summed E-state index contributed by atoms with van der Waals surface area (Å²) in [6.07, 6.45) is 6.37. The molecule has 2 aliphatic carbocycles. The van der Waals surface area contributed by atoms with Gasteiger partial charge in [-0.2, -0.15) is 0 Å². The molecule has 1 unspecified atom stereocenters. The molecule has 0 saturated heterocycles. The number of hydrogen-bond donors (Lipinski definition) is 1. The molecule has 1 atom stereocenters. The SMILES string of the molecule is CCN(C(=O)OCC1c2ccccc2-c2ccccc21)C(CCO)C1CCCCC1. The van der Waals surface area contributed by atoms with Gasteiger partial charge < -0.3 is 14.7 Å². The Morgan fingerprint density at radius 1 is 1.03 bits per heavy atom. The fourth-order valence-corrected chi connectivity index (χ4v) is 5.47. The molecule has 4 heteroatoms. The first-order chi connectivity index (χ1) is 14.7. The van der Waals surface area contributed by atoms with E-state index in [1.54, 1.807) is 0 Å². The third-order valence-corrected chi connectivity index (χ3v) is 6.93. The minimum Gasteiger partial charge on any atom is -0.448 e. The lowest BCUT2D eigenvalue weighted by Gasteiger charge is -2.37. The van der Waals surface area contributed by atoms with Crippen LogP contribution in [0.25, 0.3) is 11.1 Å². The van der Waals surface area contributed by atoms with Gasteiger partial charge in [-0.3, -0.25) is 0 Å². The standard InChI is InChI=1S/C26H33NO3/c1-2-27(25(16-17-28)19-10-4-3-5-11-19)26(29)30-18-24-22-14-8-6-12-20(22)21-13-7-9-15-23(21)24/h6-9,12-15,19,24-25,28H,2-5,10-11,16-18H2,1H3. The van der Waals surface area contributed by atoms with Crippen molar-refractivity contribution in [2.24, 2.45) is 5.92 Å². The van der Waals surface area contributed by atoms with Crippen LogP contribution in [0.4, 0.5) is 4.79 Å². The average Bonchev–Trinajstić information content (AvgIpc) is 3.12. The highest BCUT2D eigenvalue weighted by atomic mass is 16.6. The maximum atomic E-state index is 13.1. The molecule has 1 saturated carbocycles. The number of amides is 1. The van der Waals surface area contributed by atoms with Crippen molar-refractivity contribution in [3.63, 3.8) is 0 Å². The van der Waals surface area contributed by atoms with Crippen LogP contribution in [0.3, 0.4) is 0 Å². The van der Waals surface area contributed by atoms with E-state index in [2.05, 4.69) is 48.5 Å². The Kier molecular flexibility index (Phi) is 6.73. The highest BCUT2D eigenvalue weighted by molar-refractivity contribution is 5.79. The van der Waals surface area contributed by atoms with Gasteiger partial charge in [0.15, 0.2) is 0 Å². The van der Waals surface area contributed by atoms with Gasteiger partial charge in [-0.25, -0.2) is 4.79 Å². The molecule has 160 valence electrons. The van der Waals surface area contributed by atoms with Crippen LogP contribution in [0, 0.1) is 5.92 Å². The molecule has 30 heavy (non-hydrogen) atoms. The Morgan fingerprint density at radius 2 is 1.63 bits per heavy atom. The van der Waals surface area contributed by atoms with Gasteiger partial charge in [0.05, 0.1) is 0 Å². The van der Waals surface area contributed by atoms with Crippen LogP contribution in [0.2, 0.25) is 0 Å². The minimum atomic E-state index is -0.247. The number of ether oxygens (including phenoxy) is 1. The van der Waals surface area contributed by atoms with E-state index in [-0.39, 0.29) is 24.7 Å².